The maximum atomic E-state index is 5.83. The predicted octanol–water partition coefficient (Wildman–Crippen LogP) is 2.79. The highest BCUT2D eigenvalue weighted by molar-refractivity contribution is 6.30. The Morgan fingerprint density at radius 2 is 2.00 bits per heavy atom. The van der Waals surface area contributed by atoms with Crippen LogP contribution in [0.2, 0.25) is 5.02 Å². The Morgan fingerprint density at radius 3 is 2.46 bits per heavy atom. The van der Waals surface area contributed by atoms with Gasteiger partial charge >= 0.3 is 0 Å². The van der Waals surface area contributed by atoms with Crippen molar-refractivity contribution < 1.29 is 0 Å². The van der Waals surface area contributed by atoms with E-state index in [2.05, 4.69) is 19.1 Å². The van der Waals surface area contributed by atoms with Crippen molar-refractivity contribution in [2.75, 3.05) is 0 Å². The van der Waals surface area contributed by atoms with Crippen molar-refractivity contribution >= 4 is 11.6 Å². The fourth-order valence-corrected chi connectivity index (χ4v) is 2.01. The molecule has 0 spiro atoms. The summed E-state index contributed by atoms with van der Waals surface area (Å²) in [6, 6.07) is 8.44. The first-order chi connectivity index (χ1) is 6.18. The van der Waals surface area contributed by atoms with Gasteiger partial charge in [-0.05, 0) is 42.9 Å². The Balaban J connectivity index is 2.08. The molecule has 0 saturated heterocycles. The first kappa shape index (κ1) is 9.04. The van der Waals surface area contributed by atoms with E-state index < -0.39 is 0 Å². The molecule has 1 fully saturated rings. The third-order valence-corrected chi connectivity index (χ3v) is 3.07. The fourth-order valence-electron chi connectivity index (χ4n) is 1.89. The van der Waals surface area contributed by atoms with Crippen LogP contribution in [-0.4, -0.2) is 6.04 Å². The van der Waals surface area contributed by atoms with Gasteiger partial charge in [-0.3, -0.25) is 0 Å². The highest BCUT2D eigenvalue weighted by Crippen LogP contribution is 2.48. The molecule has 1 aliphatic rings. The van der Waals surface area contributed by atoms with Crippen molar-refractivity contribution in [3.63, 3.8) is 0 Å². The normalized spacial score (nSPS) is 28.5. The molecule has 0 aromatic heterocycles. The number of hydrogen-bond acceptors (Lipinski definition) is 1. The number of hydrogen-bond donors (Lipinski definition) is 1. The van der Waals surface area contributed by atoms with Gasteiger partial charge in [-0.25, -0.2) is 0 Å². The molecule has 1 aliphatic carbocycles. The van der Waals surface area contributed by atoms with Gasteiger partial charge in [0.2, 0.25) is 0 Å². The van der Waals surface area contributed by atoms with E-state index in [0.29, 0.717) is 17.9 Å². The van der Waals surface area contributed by atoms with Crippen LogP contribution in [0, 0.1) is 5.92 Å². The quantitative estimate of drug-likeness (QED) is 0.772. The van der Waals surface area contributed by atoms with E-state index in [-0.39, 0.29) is 0 Å². The summed E-state index contributed by atoms with van der Waals surface area (Å²) in [5.74, 6) is 1.36. The largest absolute Gasteiger partial charge is 0.328 e. The van der Waals surface area contributed by atoms with Gasteiger partial charge in [0.25, 0.3) is 0 Å². The first-order valence-corrected chi connectivity index (χ1v) is 5.07. The van der Waals surface area contributed by atoms with E-state index >= 15 is 0 Å². The molecule has 0 bridgehead atoms. The van der Waals surface area contributed by atoms with E-state index in [9.17, 15) is 0 Å². The van der Waals surface area contributed by atoms with E-state index in [1.54, 1.807) is 0 Å². The molecule has 2 rings (SSSR count). The summed E-state index contributed by atoms with van der Waals surface area (Å²) >= 11 is 5.81. The van der Waals surface area contributed by atoms with Crippen LogP contribution in [0.3, 0.4) is 0 Å². The van der Waals surface area contributed by atoms with Crippen LogP contribution >= 0.6 is 11.6 Å². The predicted molar refractivity (Wildman–Crippen MR) is 55.9 cm³/mol. The Morgan fingerprint density at radius 1 is 1.38 bits per heavy atom. The summed E-state index contributed by atoms with van der Waals surface area (Å²) < 4.78 is 0. The Hall–Kier alpha value is -0.530. The molecule has 1 saturated carbocycles. The van der Waals surface area contributed by atoms with Crippen LogP contribution < -0.4 is 5.73 Å². The van der Waals surface area contributed by atoms with Crippen molar-refractivity contribution in [2.45, 2.75) is 25.3 Å². The minimum Gasteiger partial charge on any atom is -0.328 e. The summed E-state index contributed by atoms with van der Waals surface area (Å²) in [6.07, 6.45) is 1.24. The molecule has 1 aromatic rings. The molecule has 0 aliphatic heterocycles. The van der Waals surface area contributed by atoms with E-state index in [1.807, 2.05) is 12.1 Å². The molecule has 0 radical (unpaired) electrons. The third kappa shape index (κ3) is 1.87. The Bertz CT molecular complexity index is 291. The lowest BCUT2D eigenvalue weighted by atomic mass is 10.1. The number of nitrogens with two attached hydrogens (primary N) is 1. The second-order valence-corrected chi connectivity index (χ2v) is 4.35. The lowest BCUT2D eigenvalue weighted by Crippen LogP contribution is -2.17. The third-order valence-electron chi connectivity index (χ3n) is 2.81. The molecule has 70 valence electrons. The van der Waals surface area contributed by atoms with Crippen molar-refractivity contribution in [2.24, 2.45) is 11.7 Å². The lowest BCUT2D eigenvalue weighted by molar-refractivity contribution is 0.631. The maximum absolute atomic E-state index is 5.83. The smallest absolute Gasteiger partial charge is 0.0406 e. The maximum Gasteiger partial charge on any atom is 0.0406 e. The van der Waals surface area contributed by atoms with Gasteiger partial charge in [-0.15, -0.1) is 0 Å². The monoisotopic (exact) mass is 195 g/mol. The van der Waals surface area contributed by atoms with Gasteiger partial charge in [0.15, 0.2) is 0 Å². The minimum atomic E-state index is 0.320. The first-order valence-electron chi connectivity index (χ1n) is 4.69. The standard InChI is InChI=1S/C11H14ClN/c1-7(13)10-6-11(10)8-2-4-9(12)5-3-8/h2-5,7,10-11H,6,13H2,1H3/t7-,10-,11+/m0/s1. The van der Waals surface area contributed by atoms with Gasteiger partial charge in [-0.2, -0.15) is 0 Å². The zero-order chi connectivity index (χ0) is 9.42. The van der Waals surface area contributed by atoms with E-state index in [4.69, 9.17) is 17.3 Å². The molecule has 0 unspecified atom stereocenters. The van der Waals surface area contributed by atoms with Crippen LogP contribution in [0.5, 0.6) is 0 Å². The van der Waals surface area contributed by atoms with Gasteiger partial charge in [-0.1, -0.05) is 23.7 Å². The lowest BCUT2D eigenvalue weighted by Gasteiger charge is -2.03. The highest BCUT2D eigenvalue weighted by Gasteiger charge is 2.40. The second kappa shape index (κ2) is 3.32. The summed E-state index contributed by atoms with van der Waals surface area (Å²) in [7, 11) is 0. The molecule has 2 heteroatoms. The summed E-state index contributed by atoms with van der Waals surface area (Å²) in [5, 5.41) is 0.807. The van der Waals surface area contributed by atoms with Crippen LogP contribution in [0.25, 0.3) is 0 Å². The van der Waals surface area contributed by atoms with Crippen molar-refractivity contribution in [1.29, 1.82) is 0 Å². The van der Waals surface area contributed by atoms with Gasteiger partial charge < -0.3 is 5.73 Å². The van der Waals surface area contributed by atoms with Crippen LogP contribution in [0.1, 0.15) is 24.8 Å². The van der Waals surface area contributed by atoms with Crippen molar-refractivity contribution in [3.05, 3.63) is 34.9 Å². The highest BCUT2D eigenvalue weighted by atomic mass is 35.5. The molecular formula is C11H14ClN. The van der Waals surface area contributed by atoms with Gasteiger partial charge in [0.05, 0.1) is 0 Å². The number of benzene rings is 1. The molecular weight excluding hydrogens is 182 g/mol. The number of rotatable bonds is 2. The zero-order valence-corrected chi connectivity index (χ0v) is 8.46. The van der Waals surface area contributed by atoms with E-state index in [1.165, 1.54) is 12.0 Å². The fraction of sp³-hybridized carbons (Fsp3) is 0.455. The van der Waals surface area contributed by atoms with Crippen LogP contribution in [0.4, 0.5) is 0 Å². The summed E-state index contributed by atoms with van der Waals surface area (Å²) in [4.78, 5) is 0. The average Bonchev–Trinajstić information content (AvgIpc) is 2.85. The molecule has 2 N–H and O–H groups in total. The molecule has 0 amide bonds. The second-order valence-electron chi connectivity index (χ2n) is 3.92. The topological polar surface area (TPSA) is 26.0 Å². The molecule has 13 heavy (non-hydrogen) atoms. The number of halogens is 1. The van der Waals surface area contributed by atoms with Crippen molar-refractivity contribution in [1.82, 2.24) is 0 Å². The van der Waals surface area contributed by atoms with E-state index in [0.717, 1.165) is 5.02 Å². The summed E-state index contributed by atoms with van der Waals surface area (Å²) in [5.41, 5.74) is 7.21. The van der Waals surface area contributed by atoms with Crippen LogP contribution in [-0.2, 0) is 0 Å². The van der Waals surface area contributed by atoms with Gasteiger partial charge in [0, 0.05) is 11.1 Å². The zero-order valence-electron chi connectivity index (χ0n) is 7.70. The van der Waals surface area contributed by atoms with Crippen molar-refractivity contribution in [3.8, 4) is 0 Å². The Labute approximate surface area is 83.9 Å². The molecule has 1 nitrogen and oxygen atoms in total. The molecule has 1 aromatic carbocycles. The molecule has 0 heterocycles. The molecule has 3 atom stereocenters. The summed E-state index contributed by atoms with van der Waals surface area (Å²) in [6.45, 7) is 2.08. The Kier molecular flexibility index (Phi) is 2.31. The van der Waals surface area contributed by atoms with Gasteiger partial charge in [0.1, 0.15) is 0 Å². The average molecular weight is 196 g/mol. The minimum absolute atomic E-state index is 0.320. The van der Waals surface area contributed by atoms with Crippen LogP contribution in [0.15, 0.2) is 24.3 Å². The SMILES string of the molecule is C[C@H](N)[C@@H]1C[C@@H]1c1ccc(Cl)cc1.